The molecule has 3 amide bonds. The van der Waals surface area contributed by atoms with Gasteiger partial charge in [-0.1, -0.05) is 0 Å². The molecular weight excluding hydrogens is 322 g/mol. The zero-order valence-corrected chi connectivity index (χ0v) is 15.1. The Balaban J connectivity index is 1.50. The third-order valence-corrected chi connectivity index (χ3v) is 6.37. The average molecular weight is 351 g/mol. The molecule has 1 unspecified atom stereocenters. The fourth-order valence-electron chi connectivity index (χ4n) is 5.42. The molecule has 0 spiro atoms. The number of carbonyl (C=O) groups excluding carboxylic acids is 2. The van der Waals surface area contributed by atoms with E-state index in [-0.39, 0.29) is 18.5 Å². The van der Waals surface area contributed by atoms with Crippen LogP contribution >= 0.6 is 0 Å². The minimum Gasteiger partial charge on any atom is -0.481 e. The predicted octanol–water partition coefficient (Wildman–Crippen LogP) is 1.58. The zero-order chi connectivity index (χ0) is 18.2. The highest BCUT2D eigenvalue weighted by molar-refractivity contribution is 5.97. The summed E-state index contributed by atoms with van der Waals surface area (Å²) in [5, 5.41) is 14.3. The van der Waals surface area contributed by atoms with E-state index in [1.807, 2.05) is 0 Å². The molecule has 7 heteroatoms. The van der Waals surface area contributed by atoms with Crippen molar-refractivity contribution in [2.75, 3.05) is 13.6 Å². The maximum Gasteiger partial charge on any atom is 0.321 e. The topological polar surface area (TPSA) is 98.7 Å². The highest BCUT2D eigenvalue weighted by Gasteiger charge is 2.51. The van der Waals surface area contributed by atoms with Gasteiger partial charge in [0.25, 0.3) is 0 Å². The summed E-state index contributed by atoms with van der Waals surface area (Å²) in [6.07, 6.45) is 6.97. The molecule has 4 aliphatic rings. The van der Waals surface area contributed by atoms with E-state index in [0.29, 0.717) is 0 Å². The summed E-state index contributed by atoms with van der Waals surface area (Å²) in [6, 6.07) is -0.966. The first-order valence-corrected chi connectivity index (χ1v) is 9.31. The van der Waals surface area contributed by atoms with Crippen LogP contribution in [0, 0.1) is 17.8 Å². The van der Waals surface area contributed by atoms with Crippen molar-refractivity contribution in [2.45, 2.75) is 63.5 Å². The van der Waals surface area contributed by atoms with Crippen LogP contribution in [0.15, 0.2) is 0 Å². The molecule has 140 valence electrons. The monoisotopic (exact) mass is 351 g/mol. The van der Waals surface area contributed by atoms with Crippen LogP contribution < -0.4 is 10.6 Å². The van der Waals surface area contributed by atoms with Crippen LogP contribution in [0.2, 0.25) is 0 Å². The highest BCUT2D eigenvalue weighted by atomic mass is 16.4. The molecule has 0 aliphatic heterocycles. The third-order valence-electron chi connectivity index (χ3n) is 6.37. The molecule has 3 N–H and O–H groups in total. The van der Waals surface area contributed by atoms with Gasteiger partial charge in [0.2, 0.25) is 5.91 Å². The van der Waals surface area contributed by atoms with Crippen molar-refractivity contribution in [3.8, 4) is 0 Å². The van der Waals surface area contributed by atoms with Crippen molar-refractivity contribution in [1.82, 2.24) is 15.5 Å². The average Bonchev–Trinajstić information content (AvgIpc) is 2.49. The number of urea groups is 1. The van der Waals surface area contributed by atoms with Crippen molar-refractivity contribution in [2.24, 2.45) is 17.8 Å². The molecule has 4 rings (SSSR count). The predicted molar refractivity (Wildman–Crippen MR) is 91.9 cm³/mol. The second-order valence-electron chi connectivity index (χ2n) is 8.44. The number of carboxylic acids is 1. The number of nitrogens with one attached hydrogen (secondary N) is 2. The van der Waals surface area contributed by atoms with Crippen molar-refractivity contribution >= 4 is 17.9 Å². The van der Waals surface area contributed by atoms with E-state index in [1.165, 1.54) is 19.3 Å². The Morgan fingerprint density at radius 2 is 1.64 bits per heavy atom. The van der Waals surface area contributed by atoms with Gasteiger partial charge in [-0.15, -0.1) is 0 Å². The third kappa shape index (κ3) is 4.14. The molecule has 0 radical (unpaired) electrons. The minimum absolute atomic E-state index is 0.0341. The van der Waals surface area contributed by atoms with E-state index in [9.17, 15) is 14.4 Å². The molecule has 0 aromatic rings. The fourth-order valence-corrected chi connectivity index (χ4v) is 5.42. The van der Waals surface area contributed by atoms with Crippen LogP contribution in [0.25, 0.3) is 0 Å². The summed E-state index contributed by atoms with van der Waals surface area (Å²) in [5.41, 5.74) is -0.127. The van der Waals surface area contributed by atoms with Gasteiger partial charge in [0.1, 0.15) is 0 Å². The van der Waals surface area contributed by atoms with Gasteiger partial charge in [-0.3, -0.25) is 19.8 Å². The highest BCUT2D eigenvalue weighted by Crippen LogP contribution is 2.55. The quantitative estimate of drug-likeness (QED) is 0.675. The number of aliphatic carboxylic acids is 1. The summed E-state index contributed by atoms with van der Waals surface area (Å²) in [5.74, 6) is 0.879. The van der Waals surface area contributed by atoms with Crippen LogP contribution in [-0.4, -0.2) is 53.1 Å². The molecule has 25 heavy (non-hydrogen) atoms. The van der Waals surface area contributed by atoms with E-state index >= 15 is 0 Å². The summed E-state index contributed by atoms with van der Waals surface area (Å²) in [6.45, 7) is 1.94. The molecule has 4 fully saturated rings. The number of carboxylic acid groups (broad SMARTS) is 1. The van der Waals surface area contributed by atoms with Crippen LogP contribution in [0.4, 0.5) is 4.79 Å². The lowest BCUT2D eigenvalue weighted by molar-refractivity contribution is -0.138. The molecule has 0 aromatic heterocycles. The lowest BCUT2D eigenvalue weighted by Crippen LogP contribution is -2.62. The number of hydrogen-bond acceptors (Lipinski definition) is 4. The van der Waals surface area contributed by atoms with Gasteiger partial charge < -0.3 is 10.4 Å². The fraction of sp³-hybridized carbons (Fsp3) is 0.833. The molecular formula is C18H29N3O4. The van der Waals surface area contributed by atoms with Gasteiger partial charge in [-0.2, -0.15) is 0 Å². The van der Waals surface area contributed by atoms with Gasteiger partial charge in [-0.25, -0.2) is 4.79 Å². The van der Waals surface area contributed by atoms with E-state index in [1.54, 1.807) is 18.9 Å². The van der Waals surface area contributed by atoms with Crippen LogP contribution in [0.1, 0.15) is 51.9 Å². The number of imide groups is 1. The van der Waals surface area contributed by atoms with E-state index < -0.39 is 23.9 Å². The van der Waals surface area contributed by atoms with Crippen molar-refractivity contribution in [3.05, 3.63) is 0 Å². The number of hydrogen-bond donors (Lipinski definition) is 3. The molecule has 0 heterocycles. The Kier molecular flexibility index (Phi) is 5.04. The normalized spacial score (nSPS) is 34.0. The van der Waals surface area contributed by atoms with E-state index in [0.717, 1.165) is 37.0 Å². The smallest absolute Gasteiger partial charge is 0.321 e. The molecule has 0 aromatic carbocycles. The maximum absolute atomic E-state index is 12.4. The molecule has 4 aliphatic carbocycles. The Hall–Kier alpha value is -1.63. The molecule has 0 saturated heterocycles. The van der Waals surface area contributed by atoms with E-state index in [4.69, 9.17) is 5.11 Å². The summed E-state index contributed by atoms with van der Waals surface area (Å²) in [7, 11) is 1.68. The number of rotatable bonds is 6. The van der Waals surface area contributed by atoms with Crippen molar-refractivity contribution < 1.29 is 19.5 Å². The maximum atomic E-state index is 12.4. The lowest BCUT2D eigenvalue weighted by Gasteiger charge is -2.56. The minimum atomic E-state index is -0.904. The standard InChI is InChI=1S/C18H29N3O4/c1-11(21(2)4-3-15(22)23)16(24)19-17(25)20-18-8-12-5-13(9-18)7-14(6-12)10-18/h11-14H,3-10H2,1-2H3,(H,22,23)(H2,19,20,24,25). The number of nitrogens with zero attached hydrogens (tertiary/aromatic N) is 1. The summed E-state index contributed by atoms with van der Waals surface area (Å²) >= 11 is 0. The Morgan fingerprint density at radius 1 is 1.12 bits per heavy atom. The van der Waals surface area contributed by atoms with Gasteiger partial charge in [-0.05, 0) is 70.3 Å². The largest absolute Gasteiger partial charge is 0.481 e. The van der Waals surface area contributed by atoms with Crippen LogP contribution in [0.3, 0.4) is 0 Å². The van der Waals surface area contributed by atoms with Gasteiger partial charge in [0, 0.05) is 12.1 Å². The van der Waals surface area contributed by atoms with Gasteiger partial charge in [0.05, 0.1) is 12.5 Å². The second kappa shape index (κ2) is 6.94. The summed E-state index contributed by atoms with van der Waals surface area (Å²) in [4.78, 5) is 36.9. The first kappa shape index (κ1) is 18.2. The van der Waals surface area contributed by atoms with Gasteiger partial charge in [0.15, 0.2) is 0 Å². The molecule has 4 bridgehead atoms. The number of carbonyl (C=O) groups is 3. The first-order valence-electron chi connectivity index (χ1n) is 9.31. The van der Waals surface area contributed by atoms with Crippen LogP contribution in [0.5, 0.6) is 0 Å². The molecule has 7 nitrogen and oxygen atoms in total. The SMILES string of the molecule is CC(C(=O)NC(=O)NC12CC3CC(CC(C3)C1)C2)N(C)CCC(=O)O. The van der Waals surface area contributed by atoms with Crippen molar-refractivity contribution in [1.29, 1.82) is 0 Å². The Morgan fingerprint density at radius 3 is 2.12 bits per heavy atom. The second-order valence-corrected chi connectivity index (χ2v) is 8.44. The molecule has 1 atom stereocenters. The Bertz CT molecular complexity index is 527. The van der Waals surface area contributed by atoms with Crippen molar-refractivity contribution in [3.63, 3.8) is 0 Å². The zero-order valence-electron chi connectivity index (χ0n) is 15.1. The van der Waals surface area contributed by atoms with Gasteiger partial charge >= 0.3 is 12.0 Å². The van der Waals surface area contributed by atoms with E-state index in [2.05, 4.69) is 10.6 Å². The number of likely N-dealkylation sites (N-methyl/N-ethyl adjacent to an activating group) is 1. The lowest BCUT2D eigenvalue weighted by atomic mass is 9.53. The molecule has 4 saturated carbocycles. The van der Waals surface area contributed by atoms with Crippen LogP contribution in [-0.2, 0) is 9.59 Å². The first-order chi connectivity index (χ1) is 11.8. The Labute approximate surface area is 148 Å². The number of amides is 3. The summed E-state index contributed by atoms with van der Waals surface area (Å²) < 4.78 is 0.